The molecule has 0 aromatic rings. The second-order valence-electron chi connectivity index (χ2n) is 3.27. The van der Waals surface area contributed by atoms with Gasteiger partial charge in [-0.15, -0.1) is 0 Å². The third kappa shape index (κ3) is 4.55. The maximum absolute atomic E-state index is 2.29. The fraction of sp³-hybridized carbons (Fsp3) is 0.600. The Morgan fingerprint density at radius 3 is 2.91 bits per heavy atom. The molecule has 0 bridgehead atoms. The summed E-state index contributed by atoms with van der Waals surface area (Å²) in [5, 5.41) is 0. The number of hydrogen-bond acceptors (Lipinski definition) is 0. The van der Waals surface area contributed by atoms with E-state index in [0.717, 1.165) is 5.92 Å². The van der Waals surface area contributed by atoms with Crippen molar-refractivity contribution in [2.75, 3.05) is 0 Å². The Balaban J connectivity index is 0.000001000. The molecule has 0 aliphatic heterocycles. The third-order valence-electron chi connectivity index (χ3n) is 2.05. The van der Waals surface area contributed by atoms with E-state index in [1.54, 1.807) is 0 Å². The molecule has 0 saturated carbocycles. The fourth-order valence-electron chi connectivity index (χ4n) is 1.29. The van der Waals surface area contributed by atoms with Crippen molar-refractivity contribution in [3.8, 4) is 0 Å². The van der Waals surface area contributed by atoms with Crippen LogP contribution in [0.3, 0.4) is 0 Å². The summed E-state index contributed by atoms with van der Waals surface area (Å²) in [7, 11) is 0. The number of hydrogen-bond donors (Lipinski definition) is 0. The molecule has 1 rings (SSSR count). The van der Waals surface area contributed by atoms with Gasteiger partial charge < -0.3 is 0 Å². The van der Waals surface area contributed by atoms with E-state index in [1.165, 1.54) is 24.8 Å². The molecule has 11 heavy (non-hydrogen) atoms. The summed E-state index contributed by atoms with van der Waals surface area (Å²) in [6, 6.07) is 0. The van der Waals surface area contributed by atoms with Gasteiger partial charge in [0.15, 0.2) is 0 Å². The molecular weight excluding hydrogens is 312 g/mol. The van der Waals surface area contributed by atoms with Gasteiger partial charge in [-0.3, -0.25) is 0 Å². The molecule has 1 atom stereocenters. The van der Waals surface area contributed by atoms with Crippen LogP contribution in [0.1, 0.15) is 33.1 Å². The maximum Gasteiger partial charge on any atom is 0 e. The van der Waals surface area contributed by atoms with E-state index in [0.29, 0.717) is 0 Å². The van der Waals surface area contributed by atoms with Crippen LogP contribution in [0.4, 0.5) is 0 Å². The van der Waals surface area contributed by atoms with Crippen LogP contribution >= 0.6 is 0 Å². The van der Waals surface area contributed by atoms with Crippen molar-refractivity contribution in [2.45, 2.75) is 33.1 Å². The van der Waals surface area contributed by atoms with Gasteiger partial charge in [-0.05, 0) is 32.1 Å². The molecule has 0 aromatic carbocycles. The van der Waals surface area contributed by atoms with Gasteiger partial charge >= 0.3 is 0 Å². The van der Waals surface area contributed by atoms with Crippen molar-refractivity contribution in [2.24, 2.45) is 5.92 Å². The predicted molar refractivity (Wildman–Crippen MR) is 45.9 cm³/mol. The van der Waals surface area contributed by atoms with Gasteiger partial charge in [0.05, 0.1) is 0 Å². The van der Waals surface area contributed by atoms with Crippen LogP contribution in [0.5, 0.6) is 0 Å². The normalized spacial score (nSPS) is 24.5. The molecule has 1 heteroatoms. The number of rotatable bonds is 0. The molecule has 0 nitrogen and oxygen atoms in total. The quantitative estimate of drug-likeness (QED) is 0.640. The molecule has 1 radical (unpaired) electrons. The van der Waals surface area contributed by atoms with E-state index in [-0.39, 0.29) is 20.1 Å². The first-order valence-corrected chi connectivity index (χ1v) is 4.13. The minimum atomic E-state index is 0. The third-order valence-corrected chi connectivity index (χ3v) is 2.05. The van der Waals surface area contributed by atoms with Crippen molar-refractivity contribution in [3.63, 3.8) is 0 Å². The van der Waals surface area contributed by atoms with Gasteiger partial charge in [-0.2, -0.15) is 0 Å². The molecule has 65 valence electrons. The first-order chi connectivity index (χ1) is 4.79. The van der Waals surface area contributed by atoms with Crippen LogP contribution in [0.25, 0.3) is 0 Å². The Bertz CT molecular complexity index is 156. The van der Waals surface area contributed by atoms with Crippen LogP contribution in [-0.2, 0) is 20.1 Å². The zero-order chi connectivity index (χ0) is 7.40. The Labute approximate surface area is 83.1 Å². The SMILES string of the molecule is CC1=CC=CC(C)CCC1.[Ir]. The van der Waals surface area contributed by atoms with Crippen molar-refractivity contribution < 1.29 is 20.1 Å². The van der Waals surface area contributed by atoms with Crippen LogP contribution in [0, 0.1) is 5.92 Å². The molecule has 0 heterocycles. The fourth-order valence-corrected chi connectivity index (χ4v) is 1.29. The summed E-state index contributed by atoms with van der Waals surface area (Å²) in [5.41, 5.74) is 1.52. The summed E-state index contributed by atoms with van der Waals surface area (Å²) in [6.07, 6.45) is 10.7. The Hall–Kier alpha value is 0.129. The summed E-state index contributed by atoms with van der Waals surface area (Å²) < 4.78 is 0. The standard InChI is InChI=1S/C10H16.Ir/c1-9-5-3-7-10(2)8-4-6-9;/h3,5,7,9H,4,6,8H2,1-2H3;. The second-order valence-corrected chi connectivity index (χ2v) is 3.27. The molecule has 0 N–H and O–H groups in total. The summed E-state index contributed by atoms with van der Waals surface area (Å²) in [4.78, 5) is 0. The smallest absolute Gasteiger partial charge is 0 e. The summed E-state index contributed by atoms with van der Waals surface area (Å²) >= 11 is 0. The summed E-state index contributed by atoms with van der Waals surface area (Å²) in [5.74, 6) is 0.782. The average molecular weight is 328 g/mol. The monoisotopic (exact) mass is 329 g/mol. The van der Waals surface area contributed by atoms with Crippen LogP contribution in [0.2, 0.25) is 0 Å². The van der Waals surface area contributed by atoms with Gasteiger partial charge in [-0.1, -0.05) is 30.7 Å². The van der Waals surface area contributed by atoms with E-state index < -0.39 is 0 Å². The molecule has 0 aromatic heterocycles. The van der Waals surface area contributed by atoms with Crippen molar-refractivity contribution in [1.29, 1.82) is 0 Å². The van der Waals surface area contributed by atoms with Gasteiger partial charge in [0.2, 0.25) is 0 Å². The van der Waals surface area contributed by atoms with Crippen molar-refractivity contribution in [1.82, 2.24) is 0 Å². The summed E-state index contributed by atoms with van der Waals surface area (Å²) in [6.45, 7) is 4.49. The van der Waals surface area contributed by atoms with E-state index in [2.05, 4.69) is 32.1 Å². The van der Waals surface area contributed by atoms with Crippen LogP contribution in [-0.4, -0.2) is 0 Å². The maximum atomic E-state index is 2.29. The average Bonchev–Trinajstić information content (AvgIpc) is 1.84. The molecule has 1 unspecified atom stereocenters. The molecule has 0 fully saturated rings. The Morgan fingerprint density at radius 1 is 1.45 bits per heavy atom. The van der Waals surface area contributed by atoms with E-state index in [4.69, 9.17) is 0 Å². The van der Waals surface area contributed by atoms with E-state index in [9.17, 15) is 0 Å². The van der Waals surface area contributed by atoms with Gasteiger partial charge in [-0.25, -0.2) is 0 Å². The zero-order valence-electron chi connectivity index (χ0n) is 7.26. The molecule has 0 saturated heterocycles. The van der Waals surface area contributed by atoms with Gasteiger partial charge in [0.1, 0.15) is 0 Å². The van der Waals surface area contributed by atoms with Gasteiger partial charge in [0, 0.05) is 20.1 Å². The first-order valence-electron chi connectivity index (χ1n) is 4.13. The molecule has 1 aliphatic carbocycles. The molecular formula is C10H16Ir. The largest absolute Gasteiger partial charge is 0.0817 e. The van der Waals surface area contributed by atoms with Crippen LogP contribution in [0.15, 0.2) is 23.8 Å². The number of allylic oxidation sites excluding steroid dienone is 4. The minimum Gasteiger partial charge on any atom is -0.0817 e. The zero-order valence-corrected chi connectivity index (χ0v) is 9.66. The minimum absolute atomic E-state index is 0. The molecule has 1 aliphatic rings. The van der Waals surface area contributed by atoms with E-state index in [1.807, 2.05) is 0 Å². The van der Waals surface area contributed by atoms with Crippen molar-refractivity contribution in [3.05, 3.63) is 23.8 Å². The van der Waals surface area contributed by atoms with Crippen molar-refractivity contribution >= 4 is 0 Å². The molecule has 0 spiro atoms. The second kappa shape index (κ2) is 5.74. The first kappa shape index (κ1) is 11.1. The molecule has 0 amide bonds. The Kier molecular flexibility index (Phi) is 5.81. The van der Waals surface area contributed by atoms with E-state index >= 15 is 0 Å². The van der Waals surface area contributed by atoms with Gasteiger partial charge in [0.25, 0.3) is 0 Å². The Morgan fingerprint density at radius 2 is 2.18 bits per heavy atom. The van der Waals surface area contributed by atoms with Crippen LogP contribution < -0.4 is 0 Å². The predicted octanol–water partition coefficient (Wildman–Crippen LogP) is 3.31. The topological polar surface area (TPSA) is 0 Å².